The molecule has 1 aliphatic carbocycles. The van der Waals surface area contributed by atoms with Crippen LogP contribution in [0.1, 0.15) is 31.2 Å². The van der Waals surface area contributed by atoms with Gasteiger partial charge in [0.25, 0.3) is 0 Å². The molecule has 0 bridgehead atoms. The third kappa shape index (κ3) is 5.73. The lowest BCUT2D eigenvalue weighted by Gasteiger charge is -2.43. The van der Waals surface area contributed by atoms with Crippen LogP contribution in [0.25, 0.3) is 6.08 Å². The van der Waals surface area contributed by atoms with Gasteiger partial charge in [-0.25, -0.2) is 4.79 Å². The Labute approximate surface area is 178 Å². The van der Waals surface area contributed by atoms with Crippen molar-refractivity contribution in [1.29, 1.82) is 0 Å². The minimum atomic E-state index is -1.59. The quantitative estimate of drug-likeness (QED) is 0.198. The molecule has 6 N–H and O–H groups in total. The van der Waals surface area contributed by atoms with Crippen molar-refractivity contribution in [2.24, 2.45) is 0 Å². The summed E-state index contributed by atoms with van der Waals surface area (Å²) >= 11 is 0. The summed E-state index contributed by atoms with van der Waals surface area (Å²) in [6.07, 6.45) is -3.17. The second kappa shape index (κ2) is 10.4. The van der Waals surface area contributed by atoms with Gasteiger partial charge in [0, 0.05) is 6.08 Å². The van der Waals surface area contributed by atoms with Gasteiger partial charge in [0.15, 0.2) is 23.9 Å². The lowest BCUT2D eigenvalue weighted by atomic mass is 9.94. The van der Waals surface area contributed by atoms with Gasteiger partial charge in [-0.05, 0) is 36.6 Å². The van der Waals surface area contributed by atoms with Crippen LogP contribution >= 0.6 is 0 Å². The number of rotatable bonds is 6. The van der Waals surface area contributed by atoms with Crippen LogP contribution in [0.3, 0.4) is 0 Å². The van der Waals surface area contributed by atoms with Crippen molar-refractivity contribution < 1.29 is 49.6 Å². The molecule has 2 aliphatic rings. The summed E-state index contributed by atoms with van der Waals surface area (Å²) in [5, 5.41) is 59.0. The average molecular weight is 440 g/mol. The Balaban J connectivity index is 1.71. The maximum absolute atomic E-state index is 12.3. The third-order valence-corrected chi connectivity index (χ3v) is 5.46. The smallest absolute Gasteiger partial charge is 0.331 e. The normalized spacial score (nSPS) is 34.0. The van der Waals surface area contributed by atoms with E-state index < -0.39 is 55.5 Å². The van der Waals surface area contributed by atoms with Crippen molar-refractivity contribution in [2.45, 2.75) is 68.6 Å². The first kappa shape index (κ1) is 23.5. The molecule has 1 aromatic carbocycles. The molecule has 2 fully saturated rings. The number of phenols is 2. The van der Waals surface area contributed by atoms with E-state index in [9.17, 15) is 35.4 Å². The first-order valence-electron chi connectivity index (χ1n) is 10.2. The van der Waals surface area contributed by atoms with Gasteiger partial charge in [0.1, 0.15) is 18.3 Å². The molecule has 0 radical (unpaired) electrons. The lowest BCUT2D eigenvalue weighted by molar-refractivity contribution is -0.320. The predicted octanol–water partition coefficient (Wildman–Crippen LogP) is -0.218. The molecule has 3 rings (SSSR count). The molecule has 31 heavy (non-hydrogen) atoms. The zero-order chi connectivity index (χ0) is 22.5. The van der Waals surface area contributed by atoms with E-state index in [0.717, 1.165) is 18.9 Å². The van der Waals surface area contributed by atoms with Crippen LogP contribution in [-0.4, -0.2) is 86.1 Å². The summed E-state index contributed by atoms with van der Waals surface area (Å²) in [7, 11) is 0. The highest BCUT2D eigenvalue weighted by Crippen LogP contribution is 2.30. The van der Waals surface area contributed by atoms with E-state index >= 15 is 0 Å². The SMILES string of the molecule is O=C(C=Cc1ccc(O)c(O)c1)O[C@@H]1[C@H](O[C@H]2CCCC[C@H]2O)O[C@H](CO)[C@@H](O)[C@H]1O. The van der Waals surface area contributed by atoms with Gasteiger partial charge in [0.2, 0.25) is 0 Å². The Morgan fingerprint density at radius 1 is 1.10 bits per heavy atom. The van der Waals surface area contributed by atoms with Crippen molar-refractivity contribution in [3.05, 3.63) is 29.8 Å². The zero-order valence-corrected chi connectivity index (χ0v) is 16.8. The van der Waals surface area contributed by atoms with Crippen molar-refractivity contribution in [2.75, 3.05) is 6.61 Å². The standard InChI is InChI=1S/C21H28O10/c22-10-16-18(27)19(28)20(21(30-16)29-15-4-2-1-3-13(15)24)31-17(26)8-6-11-5-7-12(23)14(25)9-11/h5-9,13,15-16,18-25,27-28H,1-4,10H2/t13-,15+,16-,18-,19-,20+,21-/m1/s1. The molecule has 1 saturated heterocycles. The van der Waals surface area contributed by atoms with Crippen LogP contribution in [0, 0.1) is 0 Å². The molecule has 1 aliphatic heterocycles. The fourth-order valence-corrected chi connectivity index (χ4v) is 3.68. The molecule has 0 unspecified atom stereocenters. The van der Waals surface area contributed by atoms with Gasteiger partial charge in [-0.1, -0.05) is 18.9 Å². The van der Waals surface area contributed by atoms with Gasteiger partial charge in [-0.3, -0.25) is 0 Å². The Morgan fingerprint density at radius 3 is 2.52 bits per heavy atom. The number of phenolic OH excluding ortho intramolecular Hbond substituents is 2. The van der Waals surface area contributed by atoms with E-state index in [0.29, 0.717) is 18.4 Å². The molecular weight excluding hydrogens is 412 g/mol. The first-order valence-corrected chi connectivity index (χ1v) is 10.2. The van der Waals surface area contributed by atoms with E-state index in [1.54, 1.807) is 0 Å². The van der Waals surface area contributed by atoms with Gasteiger partial charge < -0.3 is 44.8 Å². The van der Waals surface area contributed by atoms with Crippen LogP contribution in [0.5, 0.6) is 11.5 Å². The molecule has 10 nitrogen and oxygen atoms in total. The highest BCUT2D eigenvalue weighted by atomic mass is 16.7. The van der Waals surface area contributed by atoms with Crippen LogP contribution in [-0.2, 0) is 19.0 Å². The van der Waals surface area contributed by atoms with E-state index in [1.165, 1.54) is 24.3 Å². The number of aliphatic hydroxyl groups excluding tert-OH is 4. The first-order chi connectivity index (χ1) is 14.8. The molecule has 10 heteroatoms. The van der Waals surface area contributed by atoms with E-state index in [2.05, 4.69) is 0 Å². The second-order valence-electron chi connectivity index (χ2n) is 7.72. The Bertz CT molecular complexity index is 781. The number of aromatic hydroxyl groups is 2. The Morgan fingerprint density at radius 2 is 1.84 bits per heavy atom. The minimum absolute atomic E-state index is 0.306. The van der Waals surface area contributed by atoms with Crippen LogP contribution in [0.15, 0.2) is 24.3 Å². The molecule has 7 atom stereocenters. The minimum Gasteiger partial charge on any atom is -0.504 e. The number of benzene rings is 1. The number of hydrogen-bond acceptors (Lipinski definition) is 10. The van der Waals surface area contributed by atoms with E-state index in [1.807, 2.05) is 0 Å². The fourth-order valence-electron chi connectivity index (χ4n) is 3.68. The molecule has 0 amide bonds. The molecule has 1 heterocycles. The van der Waals surface area contributed by atoms with Gasteiger partial charge in [-0.2, -0.15) is 0 Å². The molecule has 172 valence electrons. The number of ether oxygens (including phenoxy) is 3. The monoisotopic (exact) mass is 440 g/mol. The second-order valence-corrected chi connectivity index (χ2v) is 7.72. The maximum atomic E-state index is 12.3. The number of esters is 1. The topological polar surface area (TPSA) is 166 Å². The van der Waals surface area contributed by atoms with E-state index in [-0.39, 0.29) is 11.5 Å². The number of aliphatic hydroxyl groups is 4. The highest BCUT2D eigenvalue weighted by molar-refractivity contribution is 5.87. The van der Waals surface area contributed by atoms with Crippen LogP contribution in [0.4, 0.5) is 0 Å². The van der Waals surface area contributed by atoms with Gasteiger partial charge in [0.05, 0.1) is 18.8 Å². The summed E-state index contributed by atoms with van der Waals surface area (Å²) in [5.74, 6) is -1.54. The van der Waals surface area contributed by atoms with Crippen LogP contribution in [0.2, 0.25) is 0 Å². The summed E-state index contributed by atoms with van der Waals surface area (Å²) in [6.45, 7) is -0.587. The van der Waals surface area contributed by atoms with Crippen molar-refractivity contribution >= 4 is 12.0 Å². The van der Waals surface area contributed by atoms with Crippen molar-refractivity contribution in [3.63, 3.8) is 0 Å². The van der Waals surface area contributed by atoms with Gasteiger partial charge in [-0.15, -0.1) is 0 Å². The van der Waals surface area contributed by atoms with E-state index in [4.69, 9.17) is 14.2 Å². The Hall–Kier alpha value is -2.21. The fraction of sp³-hybridized carbons (Fsp3) is 0.571. The highest BCUT2D eigenvalue weighted by Gasteiger charge is 2.48. The predicted molar refractivity (Wildman–Crippen MR) is 106 cm³/mol. The molecule has 1 aromatic rings. The maximum Gasteiger partial charge on any atom is 0.331 e. The number of carbonyl (C=O) groups excluding carboxylic acids is 1. The molecule has 0 aromatic heterocycles. The number of hydrogen-bond donors (Lipinski definition) is 6. The lowest BCUT2D eigenvalue weighted by Crippen LogP contribution is -2.61. The summed E-state index contributed by atoms with van der Waals surface area (Å²) in [4.78, 5) is 12.3. The number of carbonyl (C=O) groups is 1. The van der Waals surface area contributed by atoms with Gasteiger partial charge >= 0.3 is 5.97 Å². The molecular formula is C21H28O10. The average Bonchev–Trinajstić information content (AvgIpc) is 2.75. The van der Waals surface area contributed by atoms with Crippen LogP contribution < -0.4 is 0 Å². The Kier molecular flexibility index (Phi) is 7.87. The molecule has 0 spiro atoms. The summed E-state index contributed by atoms with van der Waals surface area (Å²) in [6, 6.07) is 3.96. The van der Waals surface area contributed by atoms with Crippen molar-refractivity contribution in [1.82, 2.24) is 0 Å². The van der Waals surface area contributed by atoms with Crippen molar-refractivity contribution in [3.8, 4) is 11.5 Å². The summed E-state index contributed by atoms with van der Waals surface area (Å²) < 4.78 is 16.6. The molecule has 1 saturated carbocycles. The largest absolute Gasteiger partial charge is 0.504 e. The zero-order valence-electron chi connectivity index (χ0n) is 16.8. The third-order valence-electron chi connectivity index (χ3n) is 5.46. The summed E-state index contributed by atoms with van der Waals surface area (Å²) in [5.41, 5.74) is 0.409.